The van der Waals surface area contributed by atoms with Crippen LogP contribution in [0.15, 0.2) is 42.7 Å². The van der Waals surface area contributed by atoms with Gasteiger partial charge in [0.15, 0.2) is 0 Å². The third kappa shape index (κ3) is 2.39. The topological polar surface area (TPSA) is 67.1 Å². The lowest BCUT2D eigenvalue weighted by Gasteiger charge is -2.17. The van der Waals surface area contributed by atoms with E-state index in [-0.39, 0.29) is 0 Å². The lowest BCUT2D eigenvalue weighted by Crippen LogP contribution is -2.24. The van der Waals surface area contributed by atoms with E-state index in [1.165, 1.54) is 11.3 Å². The molecule has 0 atom stereocenters. The maximum absolute atomic E-state index is 11.3. The highest BCUT2D eigenvalue weighted by atomic mass is 16.4. The van der Waals surface area contributed by atoms with Crippen LogP contribution in [0.4, 0.5) is 0 Å². The van der Waals surface area contributed by atoms with Crippen molar-refractivity contribution in [3.05, 3.63) is 65.1 Å². The molecule has 0 fully saturated rings. The number of hydrogen-bond donors (Lipinski definition) is 2. The first-order valence-corrected chi connectivity index (χ1v) is 7.71. The SMILES string of the molecule is O=C(O)c1ccc2c(c1)c1c(n2Cc2cccnc2)CCNC1. The zero-order valence-electron chi connectivity index (χ0n) is 12.6. The molecule has 2 N–H and O–H groups in total. The molecule has 5 heteroatoms. The van der Waals surface area contributed by atoms with Gasteiger partial charge in [-0.3, -0.25) is 4.98 Å². The average Bonchev–Trinajstić information content (AvgIpc) is 2.90. The molecule has 3 aromatic rings. The van der Waals surface area contributed by atoms with E-state index >= 15 is 0 Å². The molecule has 0 saturated heterocycles. The molecule has 0 unspecified atom stereocenters. The van der Waals surface area contributed by atoms with Gasteiger partial charge in [0.05, 0.1) is 5.56 Å². The van der Waals surface area contributed by atoms with Crippen molar-refractivity contribution in [2.45, 2.75) is 19.5 Å². The number of nitrogens with one attached hydrogen (secondary N) is 1. The quantitative estimate of drug-likeness (QED) is 0.780. The molecule has 23 heavy (non-hydrogen) atoms. The summed E-state index contributed by atoms with van der Waals surface area (Å²) in [4.78, 5) is 15.5. The van der Waals surface area contributed by atoms with Crippen LogP contribution < -0.4 is 5.32 Å². The van der Waals surface area contributed by atoms with Gasteiger partial charge in [-0.05, 0) is 35.4 Å². The maximum atomic E-state index is 11.3. The Hall–Kier alpha value is -2.66. The Kier molecular flexibility index (Phi) is 3.35. The van der Waals surface area contributed by atoms with Crippen molar-refractivity contribution in [3.8, 4) is 0 Å². The highest BCUT2D eigenvalue weighted by molar-refractivity contribution is 5.95. The number of nitrogens with zero attached hydrogens (tertiary/aromatic N) is 2. The van der Waals surface area contributed by atoms with Gasteiger partial charge in [0.2, 0.25) is 0 Å². The van der Waals surface area contributed by atoms with Crippen LogP contribution in [0.1, 0.15) is 27.2 Å². The molecule has 4 rings (SSSR count). The van der Waals surface area contributed by atoms with E-state index < -0.39 is 5.97 Å². The molecule has 1 aromatic carbocycles. The largest absolute Gasteiger partial charge is 0.478 e. The van der Waals surface area contributed by atoms with E-state index in [0.29, 0.717) is 5.56 Å². The Labute approximate surface area is 133 Å². The lowest BCUT2D eigenvalue weighted by molar-refractivity contribution is 0.0697. The van der Waals surface area contributed by atoms with Crippen molar-refractivity contribution in [2.75, 3.05) is 6.54 Å². The number of aromatic nitrogens is 2. The number of carboxylic acids is 1. The van der Waals surface area contributed by atoms with E-state index in [1.807, 2.05) is 18.3 Å². The van der Waals surface area contributed by atoms with Crippen LogP contribution in [0.3, 0.4) is 0 Å². The Morgan fingerprint density at radius 3 is 3.04 bits per heavy atom. The van der Waals surface area contributed by atoms with Crippen LogP contribution in [0.25, 0.3) is 10.9 Å². The van der Waals surface area contributed by atoms with Gasteiger partial charge in [0.1, 0.15) is 0 Å². The number of carboxylic acid groups (broad SMARTS) is 1. The van der Waals surface area contributed by atoms with Gasteiger partial charge in [-0.25, -0.2) is 4.79 Å². The zero-order valence-corrected chi connectivity index (χ0v) is 12.6. The minimum absolute atomic E-state index is 0.337. The summed E-state index contributed by atoms with van der Waals surface area (Å²) in [6.45, 7) is 2.49. The second-order valence-corrected chi connectivity index (χ2v) is 5.84. The standard InChI is InChI=1S/C18H17N3O2/c22-18(23)13-3-4-16-14(8-13)15-10-20-7-5-17(15)21(16)11-12-2-1-6-19-9-12/h1-4,6,8-9,20H,5,7,10-11H2,(H,22,23). The second kappa shape index (κ2) is 5.52. The number of rotatable bonds is 3. The van der Waals surface area contributed by atoms with E-state index in [4.69, 9.17) is 0 Å². The van der Waals surface area contributed by atoms with Gasteiger partial charge < -0.3 is 15.0 Å². The Morgan fingerprint density at radius 1 is 1.35 bits per heavy atom. The van der Waals surface area contributed by atoms with Gasteiger partial charge in [-0.15, -0.1) is 0 Å². The Morgan fingerprint density at radius 2 is 2.26 bits per heavy atom. The molecule has 3 heterocycles. The van der Waals surface area contributed by atoms with Gasteiger partial charge in [0, 0.05) is 55.0 Å². The first-order chi connectivity index (χ1) is 11.2. The van der Waals surface area contributed by atoms with Gasteiger partial charge in [-0.2, -0.15) is 0 Å². The fourth-order valence-electron chi connectivity index (χ4n) is 3.37. The Balaban J connectivity index is 1.90. The fraction of sp³-hybridized carbons (Fsp3) is 0.222. The van der Waals surface area contributed by atoms with Gasteiger partial charge >= 0.3 is 5.97 Å². The highest BCUT2D eigenvalue weighted by Gasteiger charge is 2.20. The second-order valence-electron chi connectivity index (χ2n) is 5.84. The predicted molar refractivity (Wildman–Crippen MR) is 87.6 cm³/mol. The number of fused-ring (bicyclic) bond motifs is 3. The summed E-state index contributed by atoms with van der Waals surface area (Å²) in [5.74, 6) is -0.885. The van der Waals surface area contributed by atoms with Crippen molar-refractivity contribution < 1.29 is 9.90 Å². The lowest BCUT2D eigenvalue weighted by atomic mass is 10.0. The van der Waals surface area contributed by atoms with E-state index in [1.54, 1.807) is 18.3 Å². The first-order valence-electron chi connectivity index (χ1n) is 7.71. The molecular formula is C18H17N3O2. The predicted octanol–water partition coefficient (Wildman–Crippen LogP) is 2.43. The number of hydrogen-bond acceptors (Lipinski definition) is 3. The molecule has 0 spiro atoms. The molecule has 0 saturated carbocycles. The van der Waals surface area contributed by atoms with Gasteiger partial charge in [-0.1, -0.05) is 6.07 Å². The summed E-state index contributed by atoms with van der Waals surface area (Å²) in [5.41, 5.74) is 5.09. The summed E-state index contributed by atoms with van der Waals surface area (Å²) in [6, 6.07) is 9.41. The molecule has 5 nitrogen and oxygen atoms in total. The minimum Gasteiger partial charge on any atom is -0.478 e. The summed E-state index contributed by atoms with van der Waals surface area (Å²) in [5, 5.41) is 13.7. The van der Waals surface area contributed by atoms with Crippen LogP contribution in [-0.2, 0) is 19.5 Å². The van der Waals surface area contributed by atoms with Gasteiger partial charge in [0.25, 0.3) is 0 Å². The summed E-state index contributed by atoms with van der Waals surface area (Å²) < 4.78 is 2.30. The van der Waals surface area contributed by atoms with Crippen molar-refractivity contribution in [2.24, 2.45) is 0 Å². The minimum atomic E-state index is -0.885. The number of carbonyl (C=O) groups is 1. The van der Waals surface area contributed by atoms with Crippen molar-refractivity contribution in [1.82, 2.24) is 14.9 Å². The van der Waals surface area contributed by atoms with Crippen molar-refractivity contribution in [3.63, 3.8) is 0 Å². The van der Waals surface area contributed by atoms with Crippen LogP contribution in [0.2, 0.25) is 0 Å². The molecule has 1 aliphatic rings. The zero-order chi connectivity index (χ0) is 15.8. The van der Waals surface area contributed by atoms with Crippen LogP contribution in [-0.4, -0.2) is 27.2 Å². The van der Waals surface area contributed by atoms with Crippen molar-refractivity contribution in [1.29, 1.82) is 0 Å². The molecule has 0 amide bonds. The Bertz CT molecular complexity index is 884. The van der Waals surface area contributed by atoms with E-state index in [0.717, 1.165) is 42.5 Å². The maximum Gasteiger partial charge on any atom is 0.335 e. The molecule has 2 aromatic heterocycles. The molecular weight excluding hydrogens is 290 g/mol. The summed E-state index contributed by atoms with van der Waals surface area (Å²) in [6.07, 6.45) is 4.60. The van der Waals surface area contributed by atoms with Crippen LogP contribution in [0, 0.1) is 0 Å². The smallest absolute Gasteiger partial charge is 0.335 e. The van der Waals surface area contributed by atoms with Crippen LogP contribution in [0.5, 0.6) is 0 Å². The number of pyridine rings is 1. The number of benzene rings is 1. The molecule has 1 aliphatic heterocycles. The third-order valence-electron chi connectivity index (χ3n) is 4.44. The van der Waals surface area contributed by atoms with E-state index in [2.05, 4.69) is 20.9 Å². The highest BCUT2D eigenvalue weighted by Crippen LogP contribution is 2.30. The normalized spacial score (nSPS) is 13.9. The third-order valence-corrected chi connectivity index (χ3v) is 4.44. The van der Waals surface area contributed by atoms with Crippen molar-refractivity contribution >= 4 is 16.9 Å². The molecule has 116 valence electrons. The summed E-state index contributed by atoms with van der Waals surface area (Å²) >= 11 is 0. The monoisotopic (exact) mass is 307 g/mol. The average molecular weight is 307 g/mol. The van der Waals surface area contributed by atoms with E-state index in [9.17, 15) is 9.90 Å². The first kappa shape index (κ1) is 14.0. The number of aromatic carboxylic acids is 1. The molecule has 0 bridgehead atoms. The summed E-state index contributed by atoms with van der Waals surface area (Å²) in [7, 11) is 0. The molecule has 0 aliphatic carbocycles. The van der Waals surface area contributed by atoms with Crippen LogP contribution >= 0.6 is 0 Å². The fourth-order valence-corrected chi connectivity index (χ4v) is 3.37. The molecule has 0 radical (unpaired) electrons.